The molecular weight excluding hydrogens is 304 g/mol. The number of amides is 1. The predicted molar refractivity (Wildman–Crippen MR) is 76.1 cm³/mol. The Hall–Kier alpha value is -1.15. The van der Waals surface area contributed by atoms with Gasteiger partial charge in [0.25, 0.3) is 0 Å². The molecule has 0 aromatic heterocycles. The highest BCUT2D eigenvalue weighted by atomic mass is 35.5. The maximum Gasteiger partial charge on any atom is 0.241 e. The molecule has 0 aliphatic heterocycles. The lowest BCUT2D eigenvalue weighted by atomic mass is 10.3. The Bertz CT molecular complexity index is 545. The molecule has 112 valence electrons. The molecule has 0 aliphatic carbocycles. The molecule has 1 amide bonds. The first-order valence-corrected chi connectivity index (χ1v) is 7.77. The van der Waals surface area contributed by atoms with Crippen molar-refractivity contribution in [3.05, 3.63) is 29.3 Å². The Morgan fingerprint density at radius 2 is 1.95 bits per heavy atom. The largest absolute Gasteiger partial charge is 0.383 e. The second-order valence-corrected chi connectivity index (χ2v) is 6.23. The number of benzene rings is 1. The summed E-state index contributed by atoms with van der Waals surface area (Å²) in [5, 5.41) is 2.99. The molecule has 1 aromatic carbocycles. The summed E-state index contributed by atoms with van der Waals surface area (Å²) in [5.74, 6) is -0.417. The fourth-order valence-electron chi connectivity index (χ4n) is 1.40. The fourth-order valence-corrected chi connectivity index (χ4v) is 2.73. The maximum absolute atomic E-state index is 12.0. The van der Waals surface area contributed by atoms with Crippen LogP contribution < -0.4 is 10.0 Å². The highest BCUT2D eigenvalue weighted by Crippen LogP contribution is 2.14. The number of sulfonamides is 1. The van der Waals surface area contributed by atoms with Crippen LogP contribution in [0.2, 0.25) is 5.02 Å². The first-order chi connectivity index (χ1) is 9.36. The molecule has 0 spiro atoms. The molecule has 0 fully saturated rings. The number of methoxy groups -OCH3 is 1. The molecular formula is C12H17ClN2O4S. The molecule has 0 unspecified atom stereocenters. The van der Waals surface area contributed by atoms with E-state index in [1.807, 2.05) is 0 Å². The quantitative estimate of drug-likeness (QED) is 0.727. The summed E-state index contributed by atoms with van der Waals surface area (Å²) in [7, 11) is -2.24. The van der Waals surface area contributed by atoms with Crippen molar-refractivity contribution >= 4 is 27.5 Å². The van der Waals surface area contributed by atoms with E-state index in [0.29, 0.717) is 18.2 Å². The monoisotopic (exact) mass is 320 g/mol. The number of halogens is 1. The van der Waals surface area contributed by atoms with Gasteiger partial charge in [0.2, 0.25) is 15.9 Å². The summed E-state index contributed by atoms with van der Waals surface area (Å²) in [4.78, 5) is 11.7. The third kappa shape index (κ3) is 5.09. The average Bonchev–Trinajstić information content (AvgIpc) is 2.38. The Morgan fingerprint density at radius 1 is 1.35 bits per heavy atom. The smallest absolute Gasteiger partial charge is 0.241 e. The fraction of sp³-hybridized carbons (Fsp3) is 0.417. The molecule has 2 N–H and O–H groups in total. The van der Waals surface area contributed by atoms with Gasteiger partial charge < -0.3 is 10.1 Å². The van der Waals surface area contributed by atoms with Gasteiger partial charge >= 0.3 is 0 Å². The number of carbonyl (C=O) groups excluding carboxylic acids is 1. The van der Waals surface area contributed by atoms with Gasteiger partial charge in [-0.15, -0.1) is 0 Å². The average molecular weight is 321 g/mol. The van der Waals surface area contributed by atoms with Crippen molar-refractivity contribution in [1.82, 2.24) is 10.0 Å². The maximum atomic E-state index is 12.0. The van der Waals surface area contributed by atoms with Crippen LogP contribution in [0.4, 0.5) is 0 Å². The van der Waals surface area contributed by atoms with Crippen molar-refractivity contribution in [2.75, 3.05) is 20.3 Å². The summed E-state index contributed by atoms with van der Waals surface area (Å²) >= 11 is 5.70. The minimum Gasteiger partial charge on any atom is -0.383 e. The first kappa shape index (κ1) is 16.9. The normalized spacial score (nSPS) is 12.9. The zero-order valence-electron chi connectivity index (χ0n) is 11.2. The molecule has 20 heavy (non-hydrogen) atoms. The van der Waals surface area contributed by atoms with Gasteiger partial charge in [0.05, 0.1) is 17.5 Å². The molecule has 6 nitrogen and oxygen atoms in total. The van der Waals surface area contributed by atoms with Crippen LogP contribution in [0.1, 0.15) is 6.92 Å². The number of nitrogens with one attached hydrogen (secondary N) is 2. The van der Waals surface area contributed by atoms with Gasteiger partial charge in [-0.2, -0.15) is 4.72 Å². The van der Waals surface area contributed by atoms with E-state index in [2.05, 4.69) is 10.0 Å². The summed E-state index contributed by atoms with van der Waals surface area (Å²) in [5.41, 5.74) is 0. The van der Waals surface area contributed by atoms with Gasteiger partial charge in [0, 0.05) is 18.7 Å². The standard InChI is InChI=1S/C12H17ClN2O4S/c1-9(12(16)14-7-8-19-2)15-20(17,18)11-5-3-10(13)4-6-11/h3-6,9,15H,7-8H2,1-2H3,(H,14,16)/t9-/m1/s1. The van der Waals surface area contributed by atoms with Crippen molar-refractivity contribution in [1.29, 1.82) is 0 Å². The molecule has 1 rings (SSSR count). The number of hydrogen-bond acceptors (Lipinski definition) is 4. The summed E-state index contributed by atoms with van der Waals surface area (Å²) in [6, 6.07) is 4.81. The van der Waals surface area contributed by atoms with E-state index >= 15 is 0 Å². The van der Waals surface area contributed by atoms with Crippen LogP contribution >= 0.6 is 11.6 Å². The molecule has 8 heteroatoms. The van der Waals surface area contributed by atoms with Crippen LogP contribution in [-0.2, 0) is 19.6 Å². The second kappa shape index (κ2) is 7.58. The van der Waals surface area contributed by atoms with E-state index in [9.17, 15) is 13.2 Å². The molecule has 0 heterocycles. The van der Waals surface area contributed by atoms with E-state index < -0.39 is 22.0 Å². The van der Waals surface area contributed by atoms with E-state index in [4.69, 9.17) is 16.3 Å². The topological polar surface area (TPSA) is 84.5 Å². The van der Waals surface area contributed by atoms with Crippen molar-refractivity contribution < 1.29 is 17.9 Å². The first-order valence-electron chi connectivity index (χ1n) is 5.91. The zero-order valence-corrected chi connectivity index (χ0v) is 12.8. The molecule has 1 aromatic rings. The van der Waals surface area contributed by atoms with Gasteiger partial charge in [-0.1, -0.05) is 11.6 Å². The molecule has 0 aliphatic rings. The van der Waals surface area contributed by atoms with Crippen LogP contribution in [-0.4, -0.2) is 40.6 Å². The van der Waals surface area contributed by atoms with Gasteiger partial charge in [-0.05, 0) is 31.2 Å². The predicted octanol–water partition coefficient (Wildman–Crippen LogP) is 0.769. The summed E-state index contributed by atoms with van der Waals surface area (Å²) < 4.78 is 31.1. The third-order valence-electron chi connectivity index (χ3n) is 2.45. The lowest BCUT2D eigenvalue weighted by molar-refractivity contribution is -0.122. The summed E-state index contributed by atoms with van der Waals surface area (Å²) in [6.07, 6.45) is 0. The number of hydrogen-bond donors (Lipinski definition) is 2. The Morgan fingerprint density at radius 3 is 2.50 bits per heavy atom. The highest BCUT2D eigenvalue weighted by Gasteiger charge is 2.21. The van der Waals surface area contributed by atoms with Crippen molar-refractivity contribution in [2.45, 2.75) is 17.9 Å². The number of ether oxygens (including phenoxy) is 1. The minimum absolute atomic E-state index is 0.0541. The molecule has 0 saturated carbocycles. The highest BCUT2D eigenvalue weighted by molar-refractivity contribution is 7.89. The van der Waals surface area contributed by atoms with Gasteiger partial charge in [0.1, 0.15) is 0 Å². The van der Waals surface area contributed by atoms with Gasteiger partial charge in [-0.25, -0.2) is 8.42 Å². The van der Waals surface area contributed by atoms with Crippen LogP contribution in [0.3, 0.4) is 0 Å². The molecule has 1 atom stereocenters. The van der Waals surface area contributed by atoms with E-state index in [-0.39, 0.29) is 4.90 Å². The molecule has 0 saturated heterocycles. The van der Waals surface area contributed by atoms with Gasteiger partial charge in [-0.3, -0.25) is 4.79 Å². The molecule has 0 radical (unpaired) electrons. The Kier molecular flexibility index (Phi) is 6.41. The van der Waals surface area contributed by atoms with Crippen LogP contribution in [0, 0.1) is 0 Å². The summed E-state index contributed by atoms with van der Waals surface area (Å²) in [6.45, 7) is 2.15. The minimum atomic E-state index is -3.75. The van der Waals surface area contributed by atoms with Crippen LogP contribution in [0.15, 0.2) is 29.2 Å². The van der Waals surface area contributed by atoms with Crippen molar-refractivity contribution in [2.24, 2.45) is 0 Å². The third-order valence-corrected chi connectivity index (χ3v) is 4.26. The van der Waals surface area contributed by atoms with E-state index in [1.54, 1.807) is 0 Å². The Balaban J connectivity index is 2.66. The van der Waals surface area contributed by atoms with E-state index in [0.717, 1.165) is 0 Å². The number of carbonyl (C=O) groups is 1. The second-order valence-electron chi connectivity index (χ2n) is 4.08. The molecule has 0 bridgehead atoms. The van der Waals surface area contributed by atoms with E-state index in [1.165, 1.54) is 38.3 Å². The zero-order chi connectivity index (χ0) is 15.2. The van der Waals surface area contributed by atoms with Crippen LogP contribution in [0.25, 0.3) is 0 Å². The van der Waals surface area contributed by atoms with Gasteiger partial charge in [0.15, 0.2) is 0 Å². The lowest BCUT2D eigenvalue weighted by Gasteiger charge is -2.14. The van der Waals surface area contributed by atoms with Crippen molar-refractivity contribution in [3.8, 4) is 0 Å². The number of rotatable bonds is 7. The SMILES string of the molecule is COCCNC(=O)[C@@H](C)NS(=O)(=O)c1ccc(Cl)cc1. The van der Waals surface area contributed by atoms with Crippen LogP contribution in [0.5, 0.6) is 0 Å². The lowest BCUT2D eigenvalue weighted by Crippen LogP contribution is -2.45. The Labute approximate surface area is 123 Å². The van der Waals surface area contributed by atoms with Crippen molar-refractivity contribution in [3.63, 3.8) is 0 Å².